The first-order chi connectivity index (χ1) is 14.3. The molecule has 174 valence electrons. The Bertz CT molecular complexity index is 739. The highest BCUT2D eigenvalue weighted by Crippen LogP contribution is 2.37. The van der Waals surface area contributed by atoms with E-state index in [4.69, 9.17) is 18.6 Å². The van der Waals surface area contributed by atoms with Gasteiger partial charge in [-0.3, -0.25) is 0 Å². The quantitative estimate of drug-likeness (QED) is 0.387. The van der Waals surface area contributed by atoms with E-state index >= 15 is 0 Å². The van der Waals surface area contributed by atoms with Gasteiger partial charge in [0.05, 0.1) is 25.4 Å². The van der Waals surface area contributed by atoms with Crippen molar-refractivity contribution in [2.75, 3.05) is 13.2 Å². The van der Waals surface area contributed by atoms with Gasteiger partial charge in [-0.25, -0.2) is 4.79 Å². The standard InChI is InChI=1S/C24H39NO5Si/c1-9-14-27-22(26)25-21(15-20-17-28-24(5,6)30-20)19-12-10-18(11-13-19)16-29-31(7,8)23(2,3)4/h9-13,20-21H,1,14-17H2,2-8H3,(H,25,26)/t20-,21+/m1/s1. The van der Waals surface area contributed by atoms with Crippen LogP contribution in [-0.4, -0.2) is 39.5 Å². The highest BCUT2D eigenvalue weighted by atomic mass is 28.4. The summed E-state index contributed by atoms with van der Waals surface area (Å²) in [5.74, 6) is -0.608. The topological polar surface area (TPSA) is 66.0 Å². The number of alkyl carbamates (subject to hydrolysis) is 1. The molecule has 0 aliphatic carbocycles. The van der Waals surface area contributed by atoms with Gasteiger partial charge in [-0.2, -0.15) is 0 Å². The Balaban J connectivity index is 2.08. The van der Waals surface area contributed by atoms with Gasteiger partial charge in [0.15, 0.2) is 14.1 Å². The van der Waals surface area contributed by atoms with E-state index in [1.807, 2.05) is 26.0 Å². The molecule has 1 heterocycles. The number of rotatable bonds is 9. The predicted octanol–water partition coefficient (Wildman–Crippen LogP) is 5.70. The number of amides is 1. The van der Waals surface area contributed by atoms with E-state index in [2.05, 4.69) is 57.9 Å². The smallest absolute Gasteiger partial charge is 0.407 e. The van der Waals surface area contributed by atoms with Crippen molar-refractivity contribution in [3.63, 3.8) is 0 Å². The van der Waals surface area contributed by atoms with E-state index in [9.17, 15) is 4.79 Å². The molecule has 1 aromatic carbocycles. The highest BCUT2D eigenvalue weighted by molar-refractivity contribution is 6.74. The lowest BCUT2D eigenvalue weighted by Crippen LogP contribution is -2.40. The minimum atomic E-state index is -1.81. The van der Waals surface area contributed by atoms with Crippen LogP contribution >= 0.6 is 0 Å². The summed E-state index contributed by atoms with van der Waals surface area (Å²) in [6.45, 7) is 19.8. The Labute approximate surface area is 188 Å². The molecule has 1 N–H and O–H groups in total. The summed E-state index contributed by atoms with van der Waals surface area (Å²) >= 11 is 0. The van der Waals surface area contributed by atoms with E-state index in [-0.39, 0.29) is 23.8 Å². The normalized spacial score (nSPS) is 19.6. The van der Waals surface area contributed by atoms with Gasteiger partial charge in [-0.1, -0.05) is 57.7 Å². The molecule has 31 heavy (non-hydrogen) atoms. The fourth-order valence-corrected chi connectivity index (χ4v) is 4.03. The van der Waals surface area contributed by atoms with Crippen LogP contribution in [0.3, 0.4) is 0 Å². The van der Waals surface area contributed by atoms with Crippen LogP contribution in [0.1, 0.15) is 58.2 Å². The predicted molar refractivity (Wildman–Crippen MR) is 125 cm³/mol. The van der Waals surface area contributed by atoms with Gasteiger partial charge < -0.3 is 24.0 Å². The number of hydrogen-bond acceptors (Lipinski definition) is 5. The van der Waals surface area contributed by atoms with Gasteiger partial charge in [-0.15, -0.1) is 0 Å². The molecule has 0 spiro atoms. The van der Waals surface area contributed by atoms with E-state index in [1.165, 1.54) is 0 Å². The van der Waals surface area contributed by atoms with Gasteiger partial charge >= 0.3 is 6.09 Å². The van der Waals surface area contributed by atoms with Crippen LogP contribution in [0, 0.1) is 0 Å². The number of ether oxygens (including phenoxy) is 3. The Hall–Kier alpha value is -1.67. The fourth-order valence-electron chi connectivity index (χ4n) is 3.07. The van der Waals surface area contributed by atoms with Crippen molar-refractivity contribution in [3.05, 3.63) is 48.0 Å². The zero-order chi connectivity index (χ0) is 23.3. The molecule has 1 fully saturated rings. The van der Waals surface area contributed by atoms with E-state index < -0.39 is 20.2 Å². The van der Waals surface area contributed by atoms with E-state index in [0.29, 0.717) is 19.6 Å². The van der Waals surface area contributed by atoms with Crippen molar-refractivity contribution >= 4 is 14.4 Å². The molecule has 0 bridgehead atoms. The van der Waals surface area contributed by atoms with Gasteiger partial charge in [0, 0.05) is 6.42 Å². The zero-order valence-corrected chi connectivity index (χ0v) is 21.1. The first-order valence-electron chi connectivity index (χ1n) is 10.9. The largest absolute Gasteiger partial charge is 0.445 e. The molecule has 7 heteroatoms. The van der Waals surface area contributed by atoms with Crippen molar-refractivity contribution in [1.29, 1.82) is 0 Å². The Morgan fingerprint density at radius 3 is 2.48 bits per heavy atom. The van der Waals surface area contributed by atoms with Crippen LogP contribution in [0.25, 0.3) is 0 Å². The first-order valence-corrected chi connectivity index (χ1v) is 13.8. The summed E-state index contributed by atoms with van der Waals surface area (Å²) in [5.41, 5.74) is 2.10. The minimum Gasteiger partial charge on any atom is -0.445 e. The summed E-state index contributed by atoms with van der Waals surface area (Å²) in [7, 11) is -1.81. The van der Waals surface area contributed by atoms with E-state index in [0.717, 1.165) is 11.1 Å². The average Bonchev–Trinajstić information content (AvgIpc) is 3.02. The Morgan fingerprint density at radius 1 is 1.32 bits per heavy atom. The molecule has 0 radical (unpaired) electrons. The van der Waals surface area contributed by atoms with Crippen molar-refractivity contribution in [2.45, 2.75) is 83.7 Å². The molecule has 6 nitrogen and oxygen atoms in total. The van der Waals surface area contributed by atoms with Gasteiger partial charge in [-0.05, 0) is 43.1 Å². The van der Waals surface area contributed by atoms with Gasteiger partial charge in [0.2, 0.25) is 0 Å². The Morgan fingerprint density at radius 2 is 1.97 bits per heavy atom. The lowest BCUT2D eigenvalue weighted by Gasteiger charge is -2.36. The third-order valence-electron chi connectivity index (χ3n) is 5.98. The second kappa shape index (κ2) is 10.3. The summed E-state index contributed by atoms with van der Waals surface area (Å²) in [5, 5.41) is 3.12. The number of carbonyl (C=O) groups excluding carboxylic acids is 1. The Kier molecular flexibility index (Phi) is 8.50. The van der Waals surface area contributed by atoms with Crippen LogP contribution in [0.4, 0.5) is 4.79 Å². The van der Waals surface area contributed by atoms with Crippen LogP contribution < -0.4 is 5.32 Å². The molecule has 1 aliphatic rings. The second-order valence-electron chi connectivity index (χ2n) is 10.1. The molecule has 1 aliphatic heterocycles. The molecule has 2 atom stereocenters. The lowest BCUT2D eigenvalue weighted by molar-refractivity contribution is -0.139. The first kappa shape index (κ1) is 25.6. The maximum absolute atomic E-state index is 12.2. The molecular weight excluding hydrogens is 410 g/mol. The molecule has 1 amide bonds. The monoisotopic (exact) mass is 449 g/mol. The molecule has 0 aromatic heterocycles. The number of nitrogens with one attached hydrogen (secondary N) is 1. The van der Waals surface area contributed by atoms with Crippen LogP contribution in [0.15, 0.2) is 36.9 Å². The molecule has 0 unspecified atom stereocenters. The molecular formula is C24H39NO5Si. The molecule has 1 aromatic rings. The minimum absolute atomic E-state index is 0.110. The lowest BCUT2D eigenvalue weighted by atomic mass is 9.99. The van der Waals surface area contributed by atoms with Crippen LogP contribution in [0.2, 0.25) is 18.1 Å². The third-order valence-corrected chi connectivity index (χ3v) is 10.5. The van der Waals surface area contributed by atoms with Crippen LogP contribution in [-0.2, 0) is 25.2 Å². The maximum Gasteiger partial charge on any atom is 0.407 e. The molecule has 0 saturated carbocycles. The number of carbonyl (C=O) groups is 1. The SMILES string of the molecule is C=CCOC(=O)N[C@@H](C[C@@H]1COC(C)(C)O1)c1ccc(CO[Si](C)(C)C(C)(C)C)cc1. The van der Waals surface area contributed by atoms with Crippen molar-refractivity contribution < 1.29 is 23.4 Å². The van der Waals surface area contributed by atoms with Gasteiger partial charge in [0.25, 0.3) is 0 Å². The summed E-state index contributed by atoms with van der Waals surface area (Å²) in [6.07, 6.45) is 1.55. The average molecular weight is 450 g/mol. The van der Waals surface area contributed by atoms with Crippen molar-refractivity contribution in [2.24, 2.45) is 0 Å². The third kappa shape index (κ3) is 7.75. The van der Waals surface area contributed by atoms with Gasteiger partial charge in [0.1, 0.15) is 6.61 Å². The number of benzene rings is 1. The van der Waals surface area contributed by atoms with Crippen molar-refractivity contribution in [1.82, 2.24) is 5.32 Å². The zero-order valence-electron chi connectivity index (χ0n) is 20.1. The molecule has 2 rings (SSSR count). The number of hydrogen-bond donors (Lipinski definition) is 1. The second-order valence-corrected chi connectivity index (χ2v) is 14.9. The van der Waals surface area contributed by atoms with Crippen LogP contribution in [0.5, 0.6) is 0 Å². The maximum atomic E-state index is 12.2. The summed E-state index contributed by atoms with van der Waals surface area (Å²) < 4.78 is 23.1. The summed E-state index contributed by atoms with van der Waals surface area (Å²) in [6, 6.07) is 7.92. The van der Waals surface area contributed by atoms with Crippen molar-refractivity contribution in [3.8, 4) is 0 Å². The molecule has 1 saturated heterocycles. The fraction of sp³-hybridized carbons (Fsp3) is 0.625. The highest BCUT2D eigenvalue weighted by Gasteiger charge is 2.37. The summed E-state index contributed by atoms with van der Waals surface area (Å²) in [4.78, 5) is 12.2. The van der Waals surface area contributed by atoms with E-state index in [1.54, 1.807) is 6.08 Å².